The van der Waals surface area contributed by atoms with Crippen LogP contribution in [0.15, 0.2) is 48.8 Å². The standard InChI is InChI=1S/C26H28F2N4O2/c1-15-11-22(31-24(12-15)32-23-13-19(25(27)28)9-10-29-23)20-7-8-21(30-14-20)16(2)17-3-5-18(6-4-17)26(33)34/h7-14,16-18,25H,3-6H2,1-2H3,(H,33,34)(H,29,31,32). The summed E-state index contributed by atoms with van der Waals surface area (Å²) in [5.74, 6) is 0.592. The van der Waals surface area contributed by atoms with E-state index in [2.05, 4.69) is 27.2 Å². The zero-order chi connectivity index (χ0) is 24.2. The van der Waals surface area contributed by atoms with Gasteiger partial charge in [0.1, 0.15) is 11.6 Å². The molecule has 178 valence electrons. The lowest BCUT2D eigenvalue weighted by molar-refractivity contribution is -0.143. The molecule has 1 fully saturated rings. The van der Waals surface area contributed by atoms with E-state index >= 15 is 0 Å². The molecule has 6 nitrogen and oxygen atoms in total. The van der Waals surface area contributed by atoms with E-state index in [1.54, 1.807) is 6.20 Å². The summed E-state index contributed by atoms with van der Waals surface area (Å²) in [6, 6.07) is 10.4. The van der Waals surface area contributed by atoms with Crippen LogP contribution in [0.2, 0.25) is 0 Å². The van der Waals surface area contributed by atoms with Crippen molar-refractivity contribution < 1.29 is 18.7 Å². The van der Waals surface area contributed by atoms with Gasteiger partial charge < -0.3 is 10.4 Å². The molecule has 8 heteroatoms. The van der Waals surface area contributed by atoms with Crippen molar-refractivity contribution >= 4 is 17.6 Å². The number of nitrogens with one attached hydrogen (secondary N) is 1. The highest BCUT2D eigenvalue weighted by Gasteiger charge is 2.29. The van der Waals surface area contributed by atoms with Crippen LogP contribution in [-0.2, 0) is 4.79 Å². The molecule has 4 rings (SSSR count). The highest BCUT2D eigenvalue weighted by Crippen LogP contribution is 2.38. The number of aromatic nitrogens is 3. The minimum atomic E-state index is -2.57. The molecule has 0 aromatic carbocycles. The van der Waals surface area contributed by atoms with Crippen molar-refractivity contribution in [1.82, 2.24) is 15.0 Å². The predicted molar refractivity (Wildman–Crippen MR) is 126 cm³/mol. The van der Waals surface area contributed by atoms with E-state index in [4.69, 9.17) is 0 Å². The number of carbonyl (C=O) groups is 1. The molecule has 0 amide bonds. The van der Waals surface area contributed by atoms with E-state index in [0.29, 0.717) is 17.6 Å². The number of rotatable bonds is 7. The Hall–Kier alpha value is -3.42. The summed E-state index contributed by atoms with van der Waals surface area (Å²) in [5, 5.41) is 12.2. The summed E-state index contributed by atoms with van der Waals surface area (Å²) in [6.07, 6.45) is 3.83. The van der Waals surface area contributed by atoms with Crippen molar-refractivity contribution in [2.24, 2.45) is 11.8 Å². The Morgan fingerprint density at radius 1 is 1.06 bits per heavy atom. The van der Waals surface area contributed by atoms with Gasteiger partial charge in [0, 0.05) is 35.1 Å². The fourth-order valence-corrected chi connectivity index (χ4v) is 4.60. The first kappa shape index (κ1) is 23.7. The number of carboxylic acid groups (broad SMARTS) is 1. The Labute approximate surface area is 197 Å². The van der Waals surface area contributed by atoms with E-state index in [1.165, 1.54) is 18.3 Å². The van der Waals surface area contributed by atoms with Crippen molar-refractivity contribution in [2.75, 3.05) is 5.32 Å². The summed E-state index contributed by atoms with van der Waals surface area (Å²) in [7, 11) is 0. The molecule has 3 aromatic rings. The largest absolute Gasteiger partial charge is 0.481 e. The van der Waals surface area contributed by atoms with Crippen molar-refractivity contribution in [2.45, 2.75) is 51.9 Å². The lowest BCUT2D eigenvalue weighted by Gasteiger charge is -2.30. The monoisotopic (exact) mass is 466 g/mol. The number of alkyl halides is 2. The number of halogens is 2. The zero-order valence-electron chi connectivity index (χ0n) is 19.2. The van der Waals surface area contributed by atoms with Crippen LogP contribution >= 0.6 is 0 Å². The number of pyridine rings is 3. The fraction of sp³-hybridized carbons (Fsp3) is 0.385. The van der Waals surface area contributed by atoms with Gasteiger partial charge in [-0.15, -0.1) is 0 Å². The molecule has 1 saturated carbocycles. The number of aryl methyl sites for hydroxylation is 1. The molecule has 0 spiro atoms. The molecule has 0 aliphatic heterocycles. The molecule has 0 saturated heterocycles. The van der Waals surface area contributed by atoms with Crippen LogP contribution in [0.4, 0.5) is 20.4 Å². The number of hydrogen-bond acceptors (Lipinski definition) is 5. The molecule has 1 atom stereocenters. The first-order valence-electron chi connectivity index (χ1n) is 11.5. The number of carboxylic acids is 1. The Morgan fingerprint density at radius 3 is 2.47 bits per heavy atom. The van der Waals surface area contributed by atoms with Gasteiger partial charge in [-0.2, -0.15) is 0 Å². The number of aliphatic carboxylic acids is 1. The smallest absolute Gasteiger partial charge is 0.306 e. The van der Waals surface area contributed by atoms with Crippen molar-refractivity contribution in [3.8, 4) is 11.3 Å². The van der Waals surface area contributed by atoms with Gasteiger partial charge in [0.15, 0.2) is 0 Å². The van der Waals surface area contributed by atoms with Crippen LogP contribution in [0.3, 0.4) is 0 Å². The quantitative estimate of drug-likeness (QED) is 0.412. The first-order chi connectivity index (χ1) is 16.3. The minimum absolute atomic E-state index is 0.101. The summed E-state index contributed by atoms with van der Waals surface area (Å²) < 4.78 is 26.0. The second-order valence-corrected chi connectivity index (χ2v) is 9.03. The Bertz CT molecular complexity index is 1150. The van der Waals surface area contributed by atoms with E-state index in [9.17, 15) is 18.7 Å². The van der Waals surface area contributed by atoms with E-state index in [-0.39, 0.29) is 17.4 Å². The third-order valence-corrected chi connectivity index (χ3v) is 6.64. The predicted octanol–water partition coefficient (Wildman–Crippen LogP) is 6.52. The summed E-state index contributed by atoms with van der Waals surface area (Å²) in [4.78, 5) is 24.6. The molecular formula is C26H28F2N4O2. The van der Waals surface area contributed by atoms with Gasteiger partial charge in [-0.05, 0) is 80.5 Å². The highest BCUT2D eigenvalue weighted by molar-refractivity contribution is 5.70. The van der Waals surface area contributed by atoms with E-state index < -0.39 is 12.4 Å². The summed E-state index contributed by atoms with van der Waals surface area (Å²) in [6.45, 7) is 4.10. The lowest BCUT2D eigenvalue weighted by atomic mass is 9.75. The molecular weight excluding hydrogens is 438 g/mol. The Kier molecular flexibility index (Phi) is 7.14. The maximum absolute atomic E-state index is 13.0. The molecule has 34 heavy (non-hydrogen) atoms. The third-order valence-electron chi connectivity index (χ3n) is 6.64. The van der Waals surface area contributed by atoms with Crippen LogP contribution < -0.4 is 5.32 Å². The molecule has 0 radical (unpaired) electrons. The van der Waals surface area contributed by atoms with Gasteiger partial charge in [-0.25, -0.2) is 18.7 Å². The number of hydrogen-bond donors (Lipinski definition) is 2. The third kappa shape index (κ3) is 5.55. The SMILES string of the molecule is Cc1cc(Nc2cc(C(F)F)ccn2)nc(-c2ccc(C(C)C3CCC(C(=O)O)CC3)nc2)c1. The van der Waals surface area contributed by atoms with Gasteiger partial charge in [-0.3, -0.25) is 9.78 Å². The van der Waals surface area contributed by atoms with Crippen LogP contribution in [0.25, 0.3) is 11.3 Å². The van der Waals surface area contributed by atoms with Gasteiger partial charge in [0.2, 0.25) is 0 Å². The molecule has 2 N–H and O–H groups in total. The van der Waals surface area contributed by atoms with Crippen LogP contribution in [0.1, 0.15) is 61.8 Å². The second kappa shape index (κ2) is 10.2. The van der Waals surface area contributed by atoms with Crippen molar-refractivity contribution in [1.29, 1.82) is 0 Å². The molecule has 3 heterocycles. The molecule has 1 aliphatic carbocycles. The van der Waals surface area contributed by atoms with Gasteiger partial charge >= 0.3 is 5.97 Å². The number of nitrogens with zero attached hydrogens (tertiary/aromatic N) is 3. The van der Waals surface area contributed by atoms with Crippen LogP contribution in [0, 0.1) is 18.8 Å². The van der Waals surface area contributed by atoms with Gasteiger partial charge in [0.25, 0.3) is 6.43 Å². The Morgan fingerprint density at radius 2 is 1.82 bits per heavy atom. The average Bonchev–Trinajstić information content (AvgIpc) is 2.83. The summed E-state index contributed by atoms with van der Waals surface area (Å²) >= 11 is 0. The molecule has 0 bridgehead atoms. The van der Waals surface area contributed by atoms with Crippen molar-refractivity contribution in [3.05, 3.63) is 65.6 Å². The topological polar surface area (TPSA) is 88.0 Å². The maximum Gasteiger partial charge on any atom is 0.306 e. The lowest BCUT2D eigenvalue weighted by Crippen LogP contribution is -2.24. The molecule has 1 unspecified atom stereocenters. The van der Waals surface area contributed by atoms with Gasteiger partial charge in [0.05, 0.1) is 11.6 Å². The maximum atomic E-state index is 13.0. The minimum Gasteiger partial charge on any atom is -0.481 e. The van der Waals surface area contributed by atoms with Crippen molar-refractivity contribution in [3.63, 3.8) is 0 Å². The highest BCUT2D eigenvalue weighted by atomic mass is 19.3. The van der Waals surface area contributed by atoms with Crippen LogP contribution in [0.5, 0.6) is 0 Å². The second-order valence-electron chi connectivity index (χ2n) is 9.03. The molecule has 1 aliphatic rings. The zero-order valence-corrected chi connectivity index (χ0v) is 19.2. The van der Waals surface area contributed by atoms with E-state index in [0.717, 1.165) is 48.2 Å². The molecule has 3 aromatic heterocycles. The Balaban J connectivity index is 1.48. The fourth-order valence-electron chi connectivity index (χ4n) is 4.60. The first-order valence-corrected chi connectivity index (χ1v) is 11.5. The number of anilines is 2. The normalized spacial score (nSPS) is 19.1. The van der Waals surface area contributed by atoms with Gasteiger partial charge in [-0.1, -0.05) is 6.92 Å². The average molecular weight is 467 g/mol. The van der Waals surface area contributed by atoms with Crippen LogP contribution in [-0.4, -0.2) is 26.0 Å². The summed E-state index contributed by atoms with van der Waals surface area (Å²) in [5.41, 5.74) is 3.43. The van der Waals surface area contributed by atoms with E-state index in [1.807, 2.05) is 31.2 Å².